The third-order valence-corrected chi connectivity index (χ3v) is 2.63. The molecule has 112 valence electrons. The maximum absolute atomic E-state index is 11.5. The highest BCUT2D eigenvalue weighted by Gasteiger charge is 2.13. The SMILES string of the molecule is CCCCOC(=O)COc1c(CO)cccc1OCC. The summed E-state index contributed by atoms with van der Waals surface area (Å²) in [5.74, 6) is 0.485. The van der Waals surface area contributed by atoms with Crippen molar-refractivity contribution in [3.05, 3.63) is 23.8 Å². The third-order valence-electron chi connectivity index (χ3n) is 2.63. The first-order valence-electron chi connectivity index (χ1n) is 6.86. The van der Waals surface area contributed by atoms with Gasteiger partial charge in [0.1, 0.15) is 0 Å². The van der Waals surface area contributed by atoms with E-state index >= 15 is 0 Å². The van der Waals surface area contributed by atoms with Gasteiger partial charge in [0.2, 0.25) is 0 Å². The molecule has 5 nitrogen and oxygen atoms in total. The summed E-state index contributed by atoms with van der Waals surface area (Å²) in [5, 5.41) is 9.30. The molecule has 1 aromatic carbocycles. The molecule has 0 aromatic heterocycles. The summed E-state index contributed by atoms with van der Waals surface area (Å²) in [6.45, 7) is 4.39. The quantitative estimate of drug-likeness (QED) is 0.556. The van der Waals surface area contributed by atoms with Crippen molar-refractivity contribution in [3.8, 4) is 11.5 Å². The van der Waals surface area contributed by atoms with Crippen molar-refractivity contribution in [1.82, 2.24) is 0 Å². The van der Waals surface area contributed by atoms with E-state index in [2.05, 4.69) is 0 Å². The van der Waals surface area contributed by atoms with Gasteiger partial charge in [0.15, 0.2) is 18.1 Å². The predicted molar refractivity (Wildman–Crippen MR) is 74.9 cm³/mol. The van der Waals surface area contributed by atoms with E-state index in [1.807, 2.05) is 13.8 Å². The molecule has 0 bridgehead atoms. The molecular formula is C15H22O5. The van der Waals surface area contributed by atoms with Gasteiger partial charge in [0, 0.05) is 5.56 Å². The average Bonchev–Trinajstić information content (AvgIpc) is 2.46. The first-order valence-corrected chi connectivity index (χ1v) is 6.86. The fourth-order valence-corrected chi connectivity index (χ4v) is 1.62. The van der Waals surface area contributed by atoms with E-state index in [0.29, 0.717) is 30.3 Å². The van der Waals surface area contributed by atoms with Gasteiger partial charge < -0.3 is 19.3 Å². The van der Waals surface area contributed by atoms with Gasteiger partial charge in [0.25, 0.3) is 0 Å². The van der Waals surface area contributed by atoms with Crippen molar-refractivity contribution >= 4 is 5.97 Å². The van der Waals surface area contributed by atoms with Gasteiger partial charge in [0.05, 0.1) is 19.8 Å². The van der Waals surface area contributed by atoms with E-state index in [-0.39, 0.29) is 13.2 Å². The van der Waals surface area contributed by atoms with Crippen molar-refractivity contribution in [3.63, 3.8) is 0 Å². The Morgan fingerprint density at radius 2 is 2.05 bits per heavy atom. The van der Waals surface area contributed by atoms with E-state index in [4.69, 9.17) is 14.2 Å². The van der Waals surface area contributed by atoms with E-state index in [1.54, 1.807) is 18.2 Å². The lowest BCUT2D eigenvalue weighted by atomic mass is 10.2. The van der Waals surface area contributed by atoms with Gasteiger partial charge in [-0.1, -0.05) is 25.5 Å². The number of aliphatic hydroxyl groups excluding tert-OH is 1. The zero-order valence-corrected chi connectivity index (χ0v) is 12.1. The fourth-order valence-electron chi connectivity index (χ4n) is 1.62. The first kappa shape index (κ1) is 16.3. The summed E-state index contributed by atoms with van der Waals surface area (Å²) in [7, 11) is 0. The predicted octanol–water partition coefficient (Wildman–Crippen LogP) is 2.30. The minimum Gasteiger partial charge on any atom is -0.490 e. The summed E-state index contributed by atoms with van der Waals surface area (Å²) in [6.07, 6.45) is 1.80. The van der Waals surface area contributed by atoms with Crippen LogP contribution in [-0.4, -0.2) is 30.9 Å². The molecule has 0 atom stereocenters. The minimum absolute atomic E-state index is 0.179. The van der Waals surface area contributed by atoms with Gasteiger partial charge in [-0.2, -0.15) is 0 Å². The van der Waals surface area contributed by atoms with E-state index in [9.17, 15) is 9.90 Å². The van der Waals surface area contributed by atoms with Crippen molar-refractivity contribution in [1.29, 1.82) is 0 Å². The molecule has 0 unspecified atom stereocenters. The number of ether oxygens (including phenoxy) is 3. The maximum Gasteiger partial charge on any atom is 0.344 e. The van der Waals surface area contributed by atoms with Crippen LogP contribution in [-0.2, 0) is 16.1 Å². The second kappa shape index (κ2) is 9.20. The second-order valence-corrected chi connectivity index (χ2v) is 4.20. The fraction of sp³-hybridized carbons (Fsp3) is 0.533. The van der Waals surface area contributed by atoms with Crippen LogP contribution in [0.3, 0.4) is 0 Å². The van der Waals surface area contributed by atoms with Crippen LogP contribution in [0, 0.1) is 0 Å². The highest BCUT2D eigenvalue weighted by atomic mass is 16.6. The molecule has 0 saturated carbocycles. The van der Waals surface area contributed by atoms with Gasteiger partial charge in [-0.15, -0.1) is 0 Å². The molecule has 0 amide bonds. The van der Waals surface area contributed by atoms with Crippen LogP contribution in [0.1, 0.15) is 32.3 Å². The molecule has 0 heterocycles. The zero-order valence-electron chi connectivity index (χ0n) is 12.1. The molecule has 1 rings (SSSR count). The Hall–Kier alpha value is -1.75. The molecule has 0 fully saturated rings. The molecule has 5 heteroatoms. The molecule has 1 aromatic rings. The first-order chi connectivity index (χ1) is 9.72. The molecule has 1 N–H and O–H groups in total. The Balaban J connectivity index is 2.63. The van der Waals surface area contributed by atoms with Crippen LogP contribution in [0.2, 0.25) is 0 Å². The summed E-state index contributed by atoms with van der Waals surface area (Å²) < 4.78 is 15.9. The van der Waals surface area contributed by atoms with E-state index < -0.39 is 5.97 Å². The Labute approximate surface area is 119 Å². The average molecular weight is 282 g/mol. The Morgan fingerprint density at radius 3 is 2.70 bits per heavy atom. The smallest absolute Gasteiger partial charge is 0.344 e. The molecule has 20 heavy (non-hydrogen) atoms. The third kappa shape index (κ3) is 5.09. The van der Waals surface area contributed by atoms with Crippen molar-refractivity contribution in [2.45, 2.75) is 33.3 Å². The van der Waals surface area contributed by atoms with Crippen LogP contribution in [0.15, 0.2) is 18.2 Å². The lowest BCUT2D eigenvalue weighted by Crippen LogP contribution is -2.16. The van der Waals surface area contributed by atoms with Crippen LogP contribution in [0.4, 0.5) is 0 Å². The number of hydrogen-bond donors (Lipinski definition) is 1. The standard InChI is InChI=1S/C15H22O5/c1-3-5-9-19-14(17)11-20-15-12(10-16)7-6-8-13(15)18-4-2/h6-8,16H,3-5,9-11H2,1-2H3. The van der Waals surface area contributed by atoms with Gasteiger partial charge in [-0.05, 0) is 19.4 Å². The second-order valence-electron chi connectivity index (χ2n) is 4.20. The summed E-state index contributed by atoms with van der Waals surface area (Å²) in [6, 6.07) is 5.23. The monoisotopic (exact) mass is 282 g/mol. The number of para-hydroxylation sites is 1. The Kier molecular flexibility index (Phi) is 7.50. The number of rotatable bonds is 9. The molecule has 0 spiro atoms. The van der Waals surface area contributed by atoms with Gasteiger partial charge in [-0.3, -0.25) is 0 Å². The normalized spacial score (nSPS) is 10.2. The van der Waals surface area contributed by atoms with E-state index in [1.165, 1.54) is 0 Å². The highest BCUT2D eigenvalue weighted by Crippen LogP contribution is 2.31. The zero-order chi connectivity index (χ0) is 14.8. The molecule has 0 aliphatic carbocycles. The molecule has 0 aliphatic rings. The number of hydrogen-bond acceptors (Lipinski definition) is 5. The van der Waals surface area contributed by atoms with Crippen LogP contribution < -0.4 is 9.47 Å². The largest absolute Gasteiger partial charge is 0.490 e. The Bertz CT molecular complexity index is 417. The van der Waals surface area contributed by atoms with Crippen LogP contribution in [0.5, 0.6) is 11.5 Å². The summed E-state index contributed by atoms with van der Waals surface area (Å²) in [5.41, 5.74) is 0.581. The number of carbonyl (C=O) groups is 1. The van der Waals surface area contributed by atoms with Crippen molar-refractivity contribution in [2.75, 3.05) is 19.8 Å². The topological polar surface area (TPSA) is 65.0 Å². The Morgan fingerprint density at radius 1 is 1.25 bits per heavy atom. The van der Waals surface area contributed by atoms with Crippen molar-refractivity contribution < 1.29 is 24.1 Å². The number of unbranched alkanes of at least 4 members (excludes halogenated alkanes) is 1. The van der Waals surface area contributed by atoms with Crippen molar-refractivity contribution in [2.24, 2.45) is 0 Å². The maximum atomic E-state index is 11.5. The van der Waals surface area contributed by atoms with Gasteiger partial charge in [-0.25, -0.2) is 4.79 Å². The number of benzene rings is 1. The lowest BCUT2D eigenvalue weighted by Gasteiger charge is -2.14. The van der Waals surface area contributed by atoms with Gasteiger partial charge >= 0.3 is 5.97 Å². The molecule has 0 saturated heterocycles. The number of esters is 1. The summed E-state index contributed by atoms with van der Waals surface area (Å²) in [4.78, 5) is 11.5. The molecule has 0 aliphatic heterocycles. The molecular weight excluding hydrogens is 260 g/mol. The molecule has 0 radical (unpaired) electrons. The highest BCUT2D eigenvalue weighted by molar-refractivity contribution is 5.71. The lowest BCUT2D eigenvalue weighted by molar-refractivity contribution is -0.146. The van der Waals surface area contributed by atoms with Crippen LogP contribution >= 0.6 is 0 Å². The summed E-state index contributed by atoms with van der Waals surface area (Å²) >= 11 is 0. The minimum atomic E-state index is -0.423. The van der Waals surface area contributed by atoms with E-state index in [0.717, 1.165) is 12.8 Å². The number of aliphatic hydroxyl groups is 1. The number of carbonyl (C=O) groups excluding carboxylic acids is 1. The van der Waals surface area contributed by atoms with Crippen LogP contribution in [0.25, 0.3) is 0 Å².